The van der Waals surface area contributed by atoms with Crippen molar-refractivity contribution < 1.29 is 33.6 Å². The lowest BCUT2D eigenvalue weighted by Crippen LogP contribution is -2.41. The van der Waals surface area contributed by atoms with E-state index in [-0.39, 0.29) is 13.0 Å². The normalized spacial score (nSPS) is 24.1. The summed E-state index contributed by atoms with van der Waals surface area (Å²) in [5, 5.41) is 10.4. The van der Waals surface area contributed by atoms with Crippen LogP contribution in [0.25, 0.3) is 0 Å². The number of ether oxygens (including phenoxy) is 4. The van der Waals surface area contributed by atoms with E-state index in [1.54, 1.807) is 51.1 Å². The Kier molecular flexibility index (Phi) is 6.75. The maximum Gasteiger partial charge on any atom is 0.338 e. The molecule has 7 heteroatoms. The molecule has 0 bridgehead atoms. The van der Waals surface area contributed by atoms with E-state index in [1.807, 2.05) is 0 Å². The predicted octanol–water partition coefficient (Wildman–Crippen LogP) is 1.92. The van der Waals surface area contributed by atoms with Crippen molar-refractivity contribution in [3.8, 4) is 0 Å². The van der Waals surface area contributed by atoms with Crippen LogP contribution in [0.2, 0.25) is 0 Å². The van der Waals surface area contributed by atoms with Crippen LogP contribution in [0.4, 0.5) is 0 Å². The molecule has 1 aliphatic rings. The highest BCUT2D eigenvalue weighted by molar-refractivity contribution is 5.89. The minimum Gasteiger partial charge on any atom is -0.462 e. The third kappa shape index (κ3) is 5.27. The number of rotatable bonds is 6. The lowest BCUT2D eigenvalue weighted by atomic mass is 9.97. The van der Waals surface area contributed by atoms with Crippen LogP contribution in [0, 0.1) is 5.41 Å². The average Bonchev–Trinajstić information content (AvgIpc) is 3.02. The maximum absolute atomic E-state index is 12.3. The second kappa shape index (κ2) is 8.62. The lowest BCUT2D eigenvalue weighted by Gasteiger charge is -2.25. The van der Waals surface area contributed by atoms with E-state index in [4.69, 9.17) is 18.9 Å². The molecule has 1 N–H and O–H groups in total. The summed E-state index contributed by atoms with van der Waals surface area (Å²) < 4.78 is 21.4. The van der Waals surface area contributed by atoms with Crippen LogP contribution in [0.5, 0.6) is 0 Å². The van der Waals surface area contributed by atoms with E-state index in [0.29, 0.717) is 5.56 Å². The number of hydrogen-bond donors (Lipinski definition) is 1. The molecular formula is C19H26O7. The number of methoxy groups -OCH3 is 1. The SMILES string of the molecule is CO[C@@H]1C[C@@H](OC(=O)c2ccccc2)[C@H]([C@H](O)COC(=O)C(C)(C)C)O1. The third-order valence-electron chi connectivity index (χ3n) is 4.01. The van der Waals surface area contributed by atoms with Gasteiger partial charge in [0.15, 0.2) is 6.29 Å². The minimum atomic E-state index is -1.14. The van der Waals surface area contributed by atoms with Gasteiger partial charge in [-0.2, -0.15) is 0 Å². The predicted molar refractivity (Wildman–Crippen MR) is 92.4 cm³/mol. The maximum atomic E-state index is 12.3. The molecular weight excluding hydrogens is 340 g/mol. The first-order chi connectivity index (χ1) is 12.2. The lowest BCUT2D eigenvalue weighted by molar-refractivity contribution is -0.170. The zero-order valence-corrected chi connectivity index (χ0v) is 15.5. The highest BCUT2D eigenvalue weighted by Crippen LogP contribution is 2.27. The number of aliphatic hydroxyl groups is 1. The van der Waals surface area contributed by atoms with Crippen molar-refractivity contribution >= 4 is 11.9 Å². The van der Waals surface area contributed by atoms with Crippen LogP contribution in [-0.4, -0.2) is 55.4 Å². The number of aliphatic hydroxyl groups excluding tert-OH is 1. The first kappa shape index (κ1) is 20.4. The molecule has 1 aromatic carbocycles. The van der Waals surface area contributed by atoms with Gasteiger partial charge in [0, 0.05) is 13.5 Å². The Morgan fingerprint density at radius 3 is 2.50 bits per heavy atom. The zero-order valence-electron chi connectivity index (χ0n) is 15.5. The molecule has 0 unspecified atom stereocenters. The topological polar surface area (TPSA) is 91.3 Å². The summed E-state index contributed by atoms with van der Waals surface area (Å²) in [4.78, 5) is 24.1. The Bertz CT molecular complexity index is 608. The van der Waals surface area contributed by atoms with E-state index in [9.17, 15) is 14.7 Å². The van der Waals surface area contributed by atoms with Crippen LogP contribution < -0.4 is 0 Å². The summed E-state index contributed by atoms with van der Waals surface area (Å²) in [7, 11) is 1.47. The Morgan fingerprint density at radius 2 is 1.92 bits per heavy atom. The molecule has 0 aliphatic carbocycles. The zero-order chi connectivity index (χ0) is 19.3. The summed E-state index contributed by atoms with van der Waals surface area (Å²) in [5.74, 6) is -0.949. The van der Waals surface area contributed by atoms with Gasteiger partial charge < -0.3 is 24.1 Å². The van der Waals surface area contributed by atoms with Gasteiger partial charge in [-0.1, -0.05) is 18.2 Å². The number of esters is 2. The molecule has 1 fully saturated rings. The van der Waals surface area contributed by atoms with E-state index in [2.05, 4.69) is 0 Å². The molecule has 26 heavy (non-hydrogen) atoms. The molecule has 144 valence electrons. The first-order valence-electron chi connectivity index (χ1n) is 8.52. The van der Waals surface area contributed by atoms with Crippen LogP contribution in [0.1, 0.15) is 37.6 Å². The fourth-order valence-electron chi connectivity index (χ4n) is 2.50. The highest BCUT2D eigenvalue weighted by Gasteiger charge is 2.43. The van der Waals surface area contributed by atoms with Crippen molar-refractivity contribution in [3.05, 3.63) is 35.9 Å². The summed E-state index contributed by atoms with van der Waals surface area (Å²) in [6, 6.07) is 8.55. The monoisotopic (exact) mass is 366 g/mol. The number of hydrogen-bond acceptors (Lipinski definition) is 7. The summed E-state index contributed by atoms with van der Waals surface area (Å²) >= 11 is 0. The van der Waals surface area contributed by atoms with Crippen molar-refractivity contribution in [1.29, 1.82) is 0 Å². The van der Waals surface area contributed by atoms with Crippen LogP contribution in [-0.2, 0) is 23.7 Å². The van der Waals surface area contributed by atoms with Crippen molar-refractivity contribution in [2.45, 2.75) is 51.8 Å². The quantitative estimate of drug-likeness (QED) is 0.769. The second-order valence-corrected chi connectivity index (χ2v) is 7.23. The standard InChI is InChI=1S/C19H26O7/c1-19(2,3)18(22)24-11-13(20)16-14(10-15(23-4)26-16)25-17(21)12-8-6-5-7-9-12/h5-9,13-16,20H,10-11H2,1-4H3/t13-,14-,15+,16+/m1/s1. The number of benzene rings is 1. The van der Waals surface area contributed by atoms with E-state index >= 15 is 0 Å². The van der Waals surface area contributed by atoms with E-state index < -0.39 is 42.0 Å². The van der Waals surface area contributed by atoms with Crippen molar-refractivity contribution in [2.24, 2.45) is 5.41 Å². The Morgan fingerprint density at radius 1 is 1.27 bits per heavy atom. The Balaban J connectivity index is 2.00. The van der Waals surface area contributed by atoms with Gasteiger partial charge in [-0.15, -0.1) is 0 Å². The van der Waals surface area contributed by atoms with Gasteiger partial charge >= 0.3 is 11.9 Å². The van der Waals surface area contributed by atoms with Gasteiger partial charge in [0.25, 0.3) is 0 Å². The summed E-state index contributed by atoms with van der Waals surface area (Å²) in [6.45, 7) is 4.91. The molecule has 1 aromatic rings. The molecule has 4 atom stereocenters. The molecule has 0 saturated carbocycles. The smallest absolute Gasteiger partial charge is 0.338 e. The van der Waals surface area contributed by atoms with Crippen molar-refractivity contribution in [3.63, 3.8) is 0 Å². The molecule has 0 amide bonds. The minimum absolute atomic E-state index is 0.253. The molecule has 1 heterocycles. The molecule has 0 radical (unpaired) electrons. The number of carbonyl (C=O) groups is 2. The van der Waals surface area contributed by atoms with Crippen LogP contribution in [0.3, 0.4) is 0 Å². The molecule has 0 aromatic heterocycles. The van der Waals surface area contributed by atoms with Gasteiger partial charge in [-0.3, -0.25) is 4.79 Å². The van der Waals surface area contributed by atoms with Crippen molar-refractivity contribution in [2.75, 3.05) is 13.7 Å². The third-order valence-corrected chi connectivity index (χ3v) is 4.01. The van der Waals surface area contributed by atoms with Gasteiger partial charge in [0.05, 0.1) is 11.0 Å². The Hall–Kier alpha value is -1.96. The molecule has 2 rings (SSSR count). The molecule has 0 spiro atoms. The van der Waals surface area contributed by atoms with Gasteiger partial charge in [-0.25, -0.2) is 4.79 Å². The van der Waals surface area contributed by atoms with Crippen LogP contribution >= 0.6 is 0 Å². The van der Waals surface area contributed by atoms with E-state index in [0.717, 1.165) is 0 Å². The fraction of sp³-hybridized carbons (Fsp3) is 0.579. The second-order valence-electron chi connectivity index (χ2n) is 7.23. The molecule has 7 nitrogen and oxygen atoms in total. The summed E-state index contributed by atoms with van der Waals surface area (Å²) in [5.41, 5.74) is -0.273. The Labute approximate surface area is 153 Å². The van der Waals surface area contributed by atoms with Gasteiger partial charge in [0.2, 0.25) is 0 Å². The van der Waals surface area contributed by atoms with Gasteiger partial charge in [-0.05, 0) is 32.9 Å². The largest absolute Gasteiger partial charge is 0.462 e. The van der Waals surface area contributed by atoms with E-state index in [1.165, 1.54) is 7.11 Å². The number of carbonyl (C=O) groups excluding carboxylic acids is 2. The van der Waals surface area contributed by atoms with Gasteiger partial charge in [0.1, 0.15) is 24.9 Å². The molecule has 1 saturated heterocycles. The van der Waals surface area contributed by atoms with Crippen LogP contribution in [0.15, 0.2) is 30.3 Å². The van der Waals surface area contributed by atoms with Crippen molar-refractivity contribution in [1.82, 2.24) is 0 Å². The summed E-state index contributed by atoms with van der Waals surface area (Å²) in [6.07, 6.45) is -3.03. The first-order valence-corrected chi connectivity index (χ1v) is 8.52. The highest BCUT2D eigenvalue weighted by atomic mass is 16.7. The average molecular weight is 366 g/mol. The fourth-order valence-corrected chi connectivity index (χ4v) is 2.50. The molecule has 1 aliphatic heterocycles.